The Hall–Kier alpha value is -8.60. The van der Waals surface area contributed by atoms with Crippen molar-refractivity contribution in [1.82, 2.24) is 4.57 Å². The Kier molecular flexibility index (Phi) is 7.36. The molecular formula is C60H35NO3. The van der Waals surface area contributed by atoms with Gasteiger partial charge in [0.15, 0.2) is 0 Å². The van der Waals surface area contributed by atoms with E-state index in [1.165, 1.54) is 0 Å². The zero-order valence-corrected chi connectivity index (χ0v) is 34.4. The van der Waals surface area contributed by atoms with Gasteiger partial charge in [0.2, 0.25) is 0 Å². The summed E-state index contributed by atoms with van der Waals surface area (Å²) < 4.78 is 21.7. The summed E-state index contributed by atoms with van der Waals surface area (Å²) in [5, 5.41) is 8.87. The average molecular weight is 818 g/mol. The summed E-state index contributed by atoms with van der Waals surface area (Å²) in [5.74, 6) is 0. The highest BCUT2D eigenvalue weighted by molar-refractivity contribution is 6.21. The second kappa shape index (κ2) is 13.4. The SMILES string of the molecule is c1ccc(-c2cc(-c3ccc4oc5ccccc5c4c3)c3c(c2)c2cc(-c4ccccc4)cc(-c4ccc5oc6ccccc6c5c4)c2n3-c2ccc3oc4ccccc4c3c2)cc1. The lowest BCUT2D eigenvalue weighted by atomic mass is 9.92. The van der Waals surface area contributed by atoms with Gasteiger partial charge < -0.3 is 17.8 Å². The van der Waals surface area contributed by atoms with Gasteiger partial charge in [0, 0.05) is 59.9 Å². The van der Waals surface area contributed by atoms with E-state index < -0.39 is 0 Å². The lowest BCUT2D eigenvalue weighted by Gasteiger charge is -2.16. The summed E-state index contributed by atoms with van der Waals surface area (Å²) >= 11 is 0. The van der Waals surface area contributed by atoms with Crippen LogP contribution in [0.5, 0.6) is 0 Å². The van der Waals surface area contributed by atoms with E-state index in [4.69, 9.17) is 13.3 Å². The molecule has 64 heavy (non-hydrogen) atoms. The van der Waals surface area contributed by atoms with Crippen molar-refractivity contribution in [3.63, 3.8) is 0 Å². The monoisotopic (exact) mass is 817 g/mol. The minimum absolute atomic E-state index is 0.860. The van der Waals surface area contributed by atoms with Crippen molar-refractivity contribution < 1.29 is 13.3 Å². The van der Waals surface area contributed by atoms with Gasteiger partial charge in [0.05, 0.1) is 11.0 Å². The van der Waals surface area contributed by atoms with E-state index in [1.54, 1.807) is 0 Å². The maximum Gasteiger partial charge on any atom is 0.135 e. The quantitative estimate of drug-likeness (QED) is 0.174. The smallest absolute Gasteiger partial charge is 0.135 e. The summed E-state index contributed by atoms with van der Waals surface area (Å²) in [4.78, 5) is 0. The Morgan fingerprint density at radius 1 is 0.234 bits per heavy atom. The lowest BCUT2D eigenvalue weighted by Crippen LogP contribution is -1.98. The molecule has 0 radical (unpaired) electrons. The Labute approximate surface area is 366 Å². The third-order valence-corrected chi connectivity index (χ3v) is 13.2. The van der Waals surface area contributed by atoms with Crippen molar-refractivity contribution in [3.05, 3.63) is 212 Å². The molecule has 0 N–H and O–H groups in total. The molecule has 0 bridgehead atoms. The number of aromatic nitrogens is 1. The van der Waals surface area contributed by atoms with Crippen LogP contribution >= 0.6 is 0 Å². The van der Waals surface area contributed by atoms with E-state index in [2.05, 4.69) is 180 Å². The highest BCUT2D eigenvalue weighted by Crippen LogP contribution is 2.48. The number of fused-ring (bicyclic) bond motifs is 12. The van der Waals surface area contributed by atoms with Crippen molar-refractivity contribution >= 4 is 87.6 Å². The minimum atomic E-state index is 0.860. The fourth-order valence-corrected chi connectivity index (χ4v) is 10.2. The van der Waals surface area contributed by atoms with Crippen LogP contribution in [0.15, 0.2) is 226 Å². The van der Waals surface area contributed by atoms with Crippen LogP contribution in [0.1, 0.15) is 0 Å². The summed E-state index contributed by atoms with van der Waals surface area (Å²) in [6.07, 6.45) is 0. The Balaban J connectivity index is 1.18. The number of para-hydroxylation sites is 3. The lowest BCUT2D eigenvalue weighted by molar-refractivity contribution is 0.668. The normalized spacial score (nSPS) is 12.1. The van der Waals surface area contributed by atoms with Crippen LogP contribution in [0.2, 0.25) is 0 Å². The molecule has 0 aliphatic heterocycles. The average Bonchev–Trinajstić information content (AvgIpc) is 4.12. The molecule has 0 unspecified atom stereocenters. The molecule has 4 heteroatoms. The molecular weight excluding hydrogens is 783 g/mol. The predicted octanol–water partition coefficient (Wildman–Crippen LogP) is 17.1. The molecule has 0 spiro atoms. The molecule has 4 nitrogen and oxygen atoms in total. The van der Waals surface area contributed by atoms with Crippen molar-refractivity contribution in [3.8, 4) is 50.2 Å². The fourth-order valence-electron chi connectivity index (χ4n) is 10.2. The second-order valence-corrected chi connectivity index (χ2v) is 16.8. The molecule has 0 atom stereocenters. The van der Waals surface area contributed by atoms with Crippen LogP contribution in [0.3, 0.4) is 0 Å². The predicted molar refractivity (Wildman–Crippen MR) is 264 cm³/mol. The molecule has 14 aromatic rings. The van der Waals surface area contributed by atoms with Gasteiger partial charge in [-0.05, 0) is 118 Å². The van der Waals surface area contributed by atoms with Gasteiger partial charge >= 0.3 is 0 Å². The first kappa shape index (κ1) is 35.0. The van der Waals surface area contributed by atoms with E-state index in [1.807, 2.05) is 36.4 Å². The second-order valence-electron chi connectivity index (χ2n) is 16.8. The molecule has 0 saturated carbocycles. The molecule has 0 fully saturated rings. The van der Waals surface area contributed by atoms with Crippen LogP contribution in [-0.2, 0) is 0 Å². The van der Waals surface area contributed by atoms with Gasteiger partial charge in [-0.25, -0.2) is 0 Å². The standard InChI is InChI=1S/C60H35NO3/c1-3-13-36(14-4-1)40-31-46(38-23-26-56-48(29-38)43-17-7-10-20-53(43)62-56)59-51(33-40)52-34-41(37-15-5-2-6-16-37)32-47(39-24-27-57-49(30-39)44-18-8-11-21-54(44)63-57)60(52)61(59)42-25-28-58-50(35-42)45-19-9-12-22-55(45)64-58/h1-35H. The van der Waals surface area contributed by atoms with Crippen LogP contribution in [0.4, 0.5) is 0 Å². The Morgan fingerprint density at radius 3 is 1.05 bits per heavy atom. The van der Waals surface area contributed by atoms with Gasteiger partial charge in [-0.1, -0.05) is 127 Å². The molecule has 4 aromatic heterocycles. The zero-order chi connectivity index (χ0) is 41.9. The molecule has 4 heterocycles. The summed E-state index contributed by atoms with van der Waals surface area (Å²) in [6.45, 7) is 0. The number of hydrogen-bond donors (Lipinski definition) is 0. The van der Waals surface area contributed by atoms with Gasteiger partial charge in [0.25, 0.3) is 0 Å². The summed E-state index contributed by atoms with van der Waals surface area (Å²) in [7, 11) is 0. The third kappa shape index (κ3) is 5.23. The Bertz CT molecular complexity index is 3970. The minimum Gasteiger partial charge on any atom is -0.456 e. The molecule has 0 saturated heterocycles. The first-order valence-corrected chi connectivity index (χ1v) is 21.7. The topological polar surface area (TPSA) is 44.4 Å². The highest BCUT2D eigenvalue weighted by Gasteiger charge is 2.24. The molecule has 0 amide bonds. The van der Waals surface area contributed by atoms with Crippen molar-refractivity contribution in [2.45, 2.75) is 0 Å². The van der Waals surface area contributed by atoms with Crippen molar-refractivity contribution in [2.75, 3.05) is 0 Å². The van der Waals surface area contributed by atoms with E-state index >= 15 is 0 Å². The van der Waals surface area contributed by atoms with E-state index in [0.717, 1.165) is 138 Å². The van der Waals surface area contributed by atoms with Crippen LogP contribution < -0.4 is 0 Å². The summed E-state index contributed by atoms with van der Waals surface area (Å²) in [6, 6.07) is 76.0. The van der Waals surface area contributed by atoms with Crippen LogP contribution in [0.25, 0.3) is 138 Å². The number of rotatable bonds is 5. The highest BCUT2D eigenvalue weighted by atomic mass is 16.3. The summed E-state index contributed by atoms with van der Waals surface area (Å²) in [5.41, 5.74) is 17.6. The van der Waals surface area contributed by atoms with E-state index in [-0.39, 0.29) is 0 Å². The van der Waals surface area contributed by atoms with Crippen molar-refractivity contribution in [2.24, 2.45) is 0 Å². The van der Waals surface area contributed by atoms with E-state index in [9.17, 15) is 0 Å². The Morgan fingerprint density at radius 2 is 0.594 bits per heavy atom. The van der Waals surface area contributed by atoms with Gasteiger partial charge in [-0.15, -0.1) is 0 Å². The molecule has 298 valence electrons. The first-order chi connectivity index (χ1) is 31.7. The molecule has 0 aliphatic carbocycles. The maximum absolute atomic E-state index is 6.43. The number of benzene rings is 10. The largest absolute Gasteiger partial charge is 0.456 e. The van der Waals surface area contributed by atoms with Crippen molar-refractivity contribution in [1.29, 1.82) is 0 Å². The molecule has 0 aliphatic rings. The zero-order valence-electron chi connectivity index (χ0n) is 34.4. The fraction of sp³-hybridized carbons (Fsp3) is 0. The van der Waals surface area contributed by atoms with Gasteiger partial charge in [0.1, 0.15) is 33.5 Å². The van der Waals surface area contributed by atoms with Gasteiger partial charge in [-0.3, -0.25) is 0 Å². The van der Waals surface area contributed by atoms with Crippen LogP contribution in [0, 0.1) is 0 Å². The number of hydrogen-bond acceptors (Lipinski definition) is 3. The molecule has 14 rings (SSSR count). The van der Waals surface area contributed by atoms with Crippen LogP contribution in [-0.4, -0.2) is 4.57 Å². The number of furan rings is 3. The third-order valence-electron chi connectivity index (χ3n) is 13.2. The molecule has 10 aromatic carbocycles. The van der Waals surface area contributed by atoms with Gasteiger partial charge in [-0.2, -0.15) is 0 Å². The van der Waals surface area contributed by atoms with E-state index in [0.29, 0.717) is 0 Å². The number of nitrogens with zero attached hydrogens (tertiary/aromatic N) is 1. The first-order valence-electron chi connectivity index (χ1n) is 21.7. The maximum atomic E-state index is 6.43.